The second-order valence-corrected chi connectivity index (χ2v) is 6.83. The molecule has 0 radical (unpaired) electrons. The van der Waals surface area contributed by atoms with Gasteiger partial charge in [0.2, 0.25) is 5.95 Å². The van der Waals surface area contributed by atoms with E-state index in [0.717, 1.165) is 25.5 Å². The Bertz CT molecular complexity index is 505. The van der Waals surface area contributed by atoms with Crippen molar-refractivity contribution in [1.82, 2.24) is 9.97 Å². The van der Waals surface area contributed by atoms with Crippen LogP contribution < -0.4 is 10.6 Å². The summed E-state index contributed by atoms with van der Waals surface area (Å²) in [5.74, 6) is 0.464. The highest BCUT2D eigenvalue weighted by atomic mass is 19.3. The largest absolute Gasteiger partial charge is 0.393 e. The quantitative estimate of drug-likeness (QED) is 0.795. The van der Waals surface area contributed by atoms with Gasteiger partial charge < -0.3 is 15.7 Å². The third-order valence-corrected chi connectivity index (χ3v) is 3.53. The molecule has 1 aromatic heterocycles. The SMILES string of the molecule is CC(C)(C)Nc1ncc(C(F)F)c(NC2CCCC(O)C2)n1. The zero-order valence-electron chi connectivity index (χ0n) is 13.2. The number of rotatable bonds is 4. The summed E-state index contributed by atoms with van der Waals surface area (Å²) in [6.45, 7) is 5.84. The summed E-state index contributed by atoms with van der Waals surface area (Å²) < 4.78 is 26.3. The van der Waals surface area contributed by atoms with Gasteiger partial charge in [0.1, 0.15) is 5.82 Å². The molecule has 2 rings (SSSR count). The summed E-state index contributed by atoms with van der Waals surface area (Å²) in [6.07, 6.45) is 1.17. The maximum absolute atomic E-state index is 13.1. The van der Waals surface area contributed by atoms with Crippen LogP contribution in [0.15, 0.2) is 6.20 Å². The Morgan fingerprint density at radius 3 is 2.64 bits per heavy atom. The van der Waals surface area contributed by atoms with E-state index in [1.165, 1.54) is 0 Å². The van der Waals surface area contributed by atoms with E-state index in [1.807, 2.05) is 20.8 Å². The molecule has 5 nitrogen and oxygen atoms in total. The van der Waals surface area contributed by atoms with Gasteiger partial charge in [-0.25, -0.2) is 13.8 Å². The van der Waals surface area contributed by atoms with Crippen LogP contribution in [0.25, 0.3) is 0 Å². The van der Waals surface area contributed by atoms with Crippen molar-refractivity contribution in [2.24, 2.45) is 0 Å². The first kappa shape index (κ1) is 16.9. The predicted molar refractivity (Wildman–Crippen MR) is 82.3 cm³/mol. The second kappa shape index (κ2) is 6.73. The van der Waals surface area contributed by atoms with Crippen molar-refractivity contribution in [3.8, 4) is 0 Å². The minimum Gasteiger partial charge on any atom is -0.393 e. The van der Waals surface area contributed by atoms with Gasteiger partial charge in [-0.15, -0.1) is 0 Å². The van der Waals surface area contributed by atoms with E-state index < -0.39 is 6.43 Å². The summed E-state index contributed by atoms with van der Waals surface area (Å²) in [4.78, 5) is 8.17. The van der Waals surface area contributed by atoms with Gasteiger partial charge in [0.25, 0.3) is 6.43 Å². The van der Waals surface area contributed by atoms with Gasteiger partial charge in [-0.1, -0.05) is 0 Å². The van der Waals surface area contributed by atoms with Crippen LogP contribution in [-0.4, -0.2) is 32.8 Å². The number of hydrogen-bond donors (Lipinski definition) is 3. The Balaban J connectivity index is 2.20. The van der Waals surface area contributed by atoms with Gasteiger partial charge in [0.05, 0.1) is 11.7 Å². The smallest absolute Gasteiger partial charge is 0.268 e. The molecule has 1 saturated carbocycles. The maximum atomic E-state index is 13.1. The fourth-order valence-corrected chi connectivity index (χ4v) is 2.55. The highest BCUT2D eigenvalue weighted by molar-refractivity contribution is 5.49. The minimum absolute atomic E-state index is 0.0429. The molecular weight excluding hydrogens is 290 g/mol. The topological polar surface area (TPSA) is 70.1 Å². The van der Waals surface area contributed by atoms with Crippen molar-refractivity contribution in [2.75, 3.05) is 10.6 Å². The van der Waals surface area contributed by atoms with Gasteiger partial charge in [0.15, 0.2) is 0 Å². The summed E-state index contributed by atoms with van der Waals surface area (Å²) in [5, 5.41) is 15.8. The molecular formula is C15H24F2N4O. The molecule has 124 valence electrons. The third-order valence-electron chi connectivity index (χ3n) is 3.53. The highest BCUT2D eigenvalue weighted by Crippen LogP contribution is 2.29. The van der Waals surface area contributed by atoms with Crippen LogP contribution >= 0.6 is 0 Å². The molecule has 0 aliphatic heterocycles. The van der Waals surface area contributed by atoms with Crippen LogP contribution in [0.1, 0.15) is 58.4 Å². The van der Waals surface area contributed by atoms with Crippen molar-refractivity contribution in [2.45, 2.75) is 70.6 Å². The molecule has 1 aliphatic carbocycles. The standard InChI is InChI=1S/C15H24F2N4O/c1-15(2,3)21-14-18-8-11(12(16)17)13(20-14)19-9-5-4-6-10(22)7-9/h8-10,12,22H,4-7H2,1-3H3,(H2,18,19,20,21). The average molecular weight is 314 g/mol. The zero-order chi connectivity index (χ0) is 16.3. The molecule has 7 heteroatoms. The van der Waals surface area contributed by atoms with Crippen LogP contribution in [0, 0.1) is 0 Å². The van der Waals surface area contributed by atoms with Gasteiger partial charge in [-0.3, -0.25) is 0 Å². The first-order valence-electron chi connectivity index (χ1n) is 7.62. The lowest BCUT2D eigenvalue weighted by Gasteiger charge is -2.28. The molecule has 0 spiro atoms. The number of nitrogens with zero attached hydrogens (tertiary/aromatic N) is 2. The third kappa shape index (κ3) is 4.76. The molecule has 2 unspecified atom stereocenters. The predicted octanol–water partition coefficient (Wildman–Crippen LogP) is 3.34. The molecule has 0 saturated heterocycles. The van der Waals surface area contributed by atoms with Crippen molar-refractivity contribution >= 4 is 11.8 Å². The number of anilines is 2. The monoisotopic (exact) mass is 314 g/mol. The highest BCUT2D eigenvalue weighted by Gasteiger charge is 2.24. The van der Waals surface area contributed by atoms with E-state index in [9.17, 15) is 13.9 Å². The molecule has 1 aliphatic rings. The number of hydrogen-bond acceptors (Lipinski definition) is 5. The summed E-state index contributed by atoms with van der Waals surface area (Å²) in [6, 6.07) is -0.0429. The number of aromatic nitrogens is 2. The molecule has 0 bridgehead atoms. The van der Waals surface area contributed by atoms with E-state index in [2.05, 4.69) is 20.6 Å². The lowest BCUT2D eigenvalue weighted by atomic mass is 9.93. The van der Waals surface area contributed by atoms with E-state index in [4.69, 9.17) is 0 Å². The van der Waals surface area contributed by atoms with Crippen molar-refractivity contribution in [3.63, 3.8) is 0 Å². The maximum Gasteiger partial charge on any atom is 0.268 e. The fraction of sp³-hybridized carbons (Fsp3) is 0.733. The van der Waals surface area contributed by atoms with Crippen LogP contribution in [0.5, 0.6) is 0 Å². The molecule has 1 aromatic rings. The molecule has 22 heavy (non-hydrogen) atoms. The molecule has 3 N–H and O–H groups in total. The average Bonchev–Trinajstić information content (AvgIpc) is 2.36. The number of aliphatic hydroxyl groups excluding tert-OH is 1. The van der Waals surface area contributed by atoms with E-state index in [0.29, 0.717) is 12.4 Å². The molecule has 0 amide bonds. The van der Waals surface area contributed by atoms with E-state index in [-0.39, 0.29) is 29.1 Å². The van der Waals surface area contributed by atoms with Crippen LogP contribution in [0.4, 0.5) is 20.5 Å². The summed E-state index contributed by atoms with van der Waals surface area (Å²) >= 11 is 0. The number of alkyl halides is 2. The van der Waals surface area contributed by atoms with Gasteiger partial charge >= 0.3 is 0 Å². The van der Waals surface area contributed by atoms with E-state index in [1.54, 1.807) is 0 Å². The zero-order valence-corrected chi connectivity index (χ0v) is 13.2. The van der Waals surface area contributed by atoms with Crippen LogP contribution in [0.2, 0.25) is 0 Å². The molecule has 2 atom stereocenters. The summed E-state index contributed by atoms with van der Waals surface area (Å²) in [5.41, 5.74) is -0.468. The van der Waals surface area contributed by atoms with Crippen molar-refractivity contribution < 1.29 is 13.9 Å². The first-order valence-corrected chi connectivity index (χ1v) is 7.62. The number of halogens is 2. The molecule has 1 fully saturated rings. The molecule has 0 aromatic carbocycles. The Morgan fingerprint density at radius 2 is 2.05 bits per heavy atom. The van der Waals surface area contributed by atoms with E-state index >= 15 is 0 Å². The van der Waals surface area contributed by atoms with Crippen molar-refractivity contribution in [1.29, 1.82) is 0 Å². The first-order chi connectivity index (χ1) is 10.2. The molecule has 1 heterocycles. The van der Waals surface area contributed by atoms with Crippen LogP contribution in [-0.2, 0) is 0 Å². The fourth-order valence-electron chi connectivity index (χ4n) is 2.55. The Hall–Kier alpha value is -1.50. The summed E-state index contributed by atoms with van der Waals surface area (Å²) in [7, 11) is 0. The minimum atomic E-state index is -2.64. The number of aliphatic hydroxyl groups is 1. The normalized spacial score (nSPS) is 22.7. The van der Waals surface area contributed by atoms with Crippen LogP contribution in [0.3, 0.4) is 0 Å². The Kier molecular flexibility index (Phi) is 5.16. The van der Waals surface area contributed by atoms with Gasteiger partial charge in [-0.05, 0) is 46.5 Å². The Labute approximate surface area is 129 Å². The number of nitrogens with one attached hydrogen (secondary N) is 2. The van der Waals surface area contributed by atoms with Gasteiger partial charge in [0, 0.05) is 17.8 Å². The lowest BCUT2D eigenvalue weighted by molar-refractivity contribution is 0.124. The van der Waals surface area contributed by atoms with Gasteiger partial charge in [-0.2, -0.15) is 4.98 Å². The van der Waals surface area contributed by atoms with Crippen molar-refractivity contribution in [3.05, 3.63) is 11.8 Å². The lowest BCUT2D eigenvalue weighted by Crippen LogP contribution is -2.31. The Morgan fingerprint density at radius 1 is 1.32 bits per heavy atom. The second-order valence-electron chi connectivity index (χ2n) is 6.83.